The number of carbonyl (C=O) groups is 2. The maximum absolute atomic E-state index is 14.1. The fourth-order valence-electron chi connectivity index (χ4n) is 5.21. The number of nitrogens with zero attached hydrogens (tertiary/aromatic N) is 1. The molecule has 46 heavy (non-hydrogen) atoms. The fraction of sp³-hybridized carbons (Fsp3) is 0.297. The van der Waals surface area contributed by atoms with Crippen molar-refractivity contribution in [2.45, 2.75) is 69.1 Å². The number of hydrogen-bond acceptors (Lipinski definition) is 5. The zero-order valence-electron chi connectivity index (χ0n) is 26.3. The molecule has 240 valence electrons. The van der Waals surface area contributed by atoms with Crippen LogP contribution in [0.25, 0.3) is 0 Å². The summed E-state index contributed by atoms with van der Waals surface area (Å²) in [7, 11) is -1.95. The van der Waals surface area contributed by atoms with Gasteiger partial charge in [0.05, 0.1) is 12.0 Å². The van der Waals surface area contributed by atoms with E-state index in [9.17, 15) is 18.0 Å². The number of hydrogen-bond donors (Lipinski definition) is 2. The normalized spacial score (nSPS) is 13.5. The monoisotopic (exact) mass is 639 g/mol. The Bertz CT molecular complexity index is 1700. The van der Waals surface area contributed by atoms with Crippen molar-refractivity contribution in [3.05, 3.63) is 131 Å². The molecule has 0 bridgehead atoms. The Morgan fingerprint density at radius 2 is 1.46 bits per heavy atom. The summed E-state index contributed by atoms with van der Waals surface area (Å²) in [6.45, 7) is 2.60. The fourth-order valence-corrected chi connectivity index (χ4v) is 6.52. The number of sulfonamides is 1. The van der Waals surface area contributed by atoms with E-state index in [-0.39, 0.29) is 35.7 Å². The second-order valence-electron chi connectivity index (χ2n) is 11.8. The molecule has 8 nitrogen and oxygen atoms in total. The molecular formula is C37H41N3O5S. The van der Waals surface area contributed by atoms with Crippen LogP contribution in [0.5, 0.6) is 5.75 Å². The molecule has 0 spiro atoms. The third kappa shape index (κ3) is 9.28. The Kier molecular flexibility index (Phi) is 10.9. The van der Waals surface area contributed by atoms with Crippen LogP contribution in [-0.4, -0.2) is 44.3 Å². The van der Waals surface area contributed by atoms with E-state index >= 15 is 0 Å². The summed E-state index contributed by atoms with van der Waals surface area (Å²) >= 11 is 0. The van der Waals surface area contributed by atoms with Gasteiger partial charge in [0.1, 0.15) is 11.8 Å². The van der Waals surface area contributed by atoms with Gasteiger partial charge in [0.25, 0.3) is 0 Å². The summed E-state index contributed by atoms with van der Waals surface area (Å²) in [4.78, 5) is 29.9. The van der Waals surface area contributed by atoms with Gasteiger partial charge in [-0.25, -0.2) is 13.1 Å². The van der Waals surface area contributed by atoms with Gasteiger partial charge in [-0.3, -0.25) is 9.59 Å². The van der Waals surface area contributed by atoms with Crippen molar-refractivity contribution in [3.8, 4) is 5.75 Å². The van der Waals surface area contributed by atoms with Crippen LogP contribution >= 0.6 is 0 Å². The molecule has 9 heteroatoms. The van der Waals surface area contributed by atoms with Gasteiger partial charge in [-0.05, 0) is 72.7 Å². The molecule has 4 aromatic carbocycles. The van der Waals surface area contributed by atoms with E-state index in [1.165, 1.54) is 0 Å². The van der Waals surface area contributed by atoms with Crippen LogP contribution in [0.15, 0.2) is 108 Å². The van der Waals surface area contributed by atoms with Gasteiger partial charge in [-0.2, -0.15) is 0 Å². The first-order chi connectivity index (χ1) is 22.2. The molecule has 0 radical (unpaired) electrons. The van der Waals surface area contributed by atoms with E-state index < -0.39 is 16.1 Å². The number of amides is 2. The lowest BCUT2D eigenvalue weighted by atomic mass is 10.0. The summed E-state index contributed by atoms with van der Waals surface area (Å²) in [5, 5.41) is 3.07. The quantitative estimate of drug-likeness (QED) is 0.183. The van der Waals surface area contributed by atoms with E-state index in [1.807, 2.05) is 85.8 Å². The molecule has 0 aliphatic heterocycles. The van der Waals surface area contributed by atoms with Gasteiger partial charge >= 0.3 is 0 Å². The number of nitrogens with one attached hydrogen (secondary N) is 2. The lowest BCUT2D eigenvalue weighted by Crippen LogP contribution is -2.50. The Labute approximate surface area is 271 Å². The summed E-state index contributed by atoms with van der Waals surface area (Å²) < 4.78 is 33.2. The number of rotatable bonds is 15. The molecule has 1 saturated carbocycles. The number of benzene rings is 4. The van der Waals surface area contributed by atoms with Crippen molar-refractivity contribution in [3.63, 3.8) is 0 Å². The van der Waals surface area contributed by atoms with Gasteiger partial charge in [0.15, 0.2) is 0 Å². The minimum absolute atomic E-state index is 0.0249. The van der Waals surface area contributed by atoms with Crippen LogP contribution in [0.1, 0.15) is 47.1 Å². The third-order valence-electron chi connectivity index (χ3n) is 8.13. The molecule has 0 saturated heterocycles. The van der Waals surface area contributed by atoms with E-state index in [1.54, 1.807) is 36.3 Å². The van der Waals surface area contributed by atoms with Crippen molar-refractivity contribution in [1.82, 2.24) is 14.9 Å². The van der Waals surface area contributed by atoms with Gasteiger partial charge < -0.3 is 15.0 Å². The van der Waals surface area contributed by atoms with E-state index in [0.29, 0.717) is 25.1 Å². The molecule has 0 heterocycles. The standard InChI is InChI=1S/C37H41N3O5S/c1-27-8-10-30(11-9-27)25-38-37(42)35(24-29-6-4-3-5-7-29)40(26-31-12-19-33(45-2)20-13-31)36(41)23-16-28-14-21-34(22-15-28)46(43,44)39-32-17-18-32/h3-15,19-22,32,35,39H,16-18,23-26H2,1-2H3,(H,38,42)/t35-/m0/s1. The minimum atomic E-state index is -3.56. The lowest BCUT2D eigenvalue weighted by Gasteiger charge is -2.32. The van der Waals surface area contributed by atoms with Crippen LogP contribution in [0, 0.1) is 6.92 Å². The van der Waals surface area contributed by atoms with Crippen molar-refractivity contribution < 1.29 is 22.7 Å². The highest BCUT2D eigenvalue weighted by atomic mass is 32.2. The first-order valence-corrected chi connectivity index (χ1v) is 17.1. The van der Waals surface area contributed by atoms with Gasteiger partial charge in [0, 0.05) is 32.0 Å². The molecule has 1 aliphatic carbocycles. The molecule has 0 unspecified atom stereocenters. The SMILES string of the molecule is COc1ccc(CN(C(=O)CCc2ccc(S(=O)(=O)NC3CC3)cc2)[C@@H](Cc2ccccc2)C(=O)NCc2ccc(C)cc2)cc1. The Morgan fingerprint density at radius 3 is 2.09 bits per heavy atom. The van der Waals surface area contributed by atoms with E-state index in [2.05, 4.69) is 10.0 Å². The highest BCUT2D eigenvalue weighted by molar-refractivity contribution is 7.89. The summed E-state index contributed by atoms with van der Waals surface area (Å²) in [5.41, 5.74) is 4.77. The minimum Gasteiger partial charge on any atom is -0.497 e. The molecule has 1 aliphatic rings. The van der Waals surface area contributed by atoms with E-state index in [4.69, 9.17) is 4.74 Å². The summed E-state index contributed by atoms with van der Waals surface area (Å²) in [6, 6.07) is 31.1. The van der Waals surface area contributed by atoms with Gasteiger partial charge in [-0.15, -0.1) is 0 Å². The Hall–Kier alpha value is -4.47. The zero-order chi connectivity index (χ0) is 32.5. The third-order valence-corrected chi connectivity index (χ3v) is 9.67. The second-order valence-corrected chi connectivity index (χ2v) is 13.5. The molecular weight excluding hydrogens is 598 g/mol. The maximum Gasteiger partial charge on any atom is 0.243 e. The smallest absolute Gasteiger partial charge is 0.243 e. The second kappa shape index (κ2) is 15.2. The summed E-state index contributed by atoms with van der Waals surface area (Å²) in [5.74, 6) is 0.300. The highest BCUT2D eigenvalue weighted by Gasteiger charge is 2.31. The van der Waals surface area contributed by atoms with Gasteiger partial charge in [-0.1, -0.05) is 84.4 Å². The topological polar surface area (TPSA) is 105 Å². The Balaban J connectivity index is 1.36. The van der Waals surface area contributed by atoms with Crippen molar-refractivity contribution in [2.24, 2.45) is 0 Å². The first kappa shape index (κ1) is 32.9. The van der Waals surface area contributed by atoms with Gasteiger partial charge in [0.2, 0.25) is 21.8 Å². The number of methoxy groups -OCH3 is 1. The molecule has 1 atom stereocenters. The molecule has 1 fully saturated rings. The van der Waals surface area contributed by atoms with Crippen LogP contribution in [0.3, 0.4) is 0 Å². The first-order valence-electron chi connectivity index (χ1n) is 15.6. The van der Waals surface area contributed by atoms with Crippen LogP contribution in [-0.2, 0) is 45.5 Å². The van der Waals surface area contributed by atoms with Crippen LogP contribution in [0.2, 0.25) is 0 Å². The Morgan fingerprint density at radius 1 is 0.826 bits per heavy atom. The predicted octanol–water partition coefficient (Wildman–Crippen LogP) is 5.33. The number of ether oxygens (including phenoxy) is 1. The maximum atomic E-state index is 14.1. The number of aryl methyl sites for hydroxylation is 2. The zero-order valence-corrected chi connectivity index (χ0v) is 27.1. The molecule has 0 aromatic heterocycles. The van der Waals surface area contributed by atoms with Crippen molar-refractivity contribution in [1.29, 1.82) is 0 Å². The summed E-state index contributed by atoms with van der Waals surface area (Å²) in [6.07, 6.45) is 2.63. The number of carbonyl (C=O) groups excluding carboxylic acids is 2. The van der Waals surface area contributed by atoms with Crippen molar-refractivity contribution in [2.75, 3.05) is 7.11 Å². The lowest BCUT2D eigenvalue weighted by molar-refractivity contribution is -0.141. The largest absolute Gasteiger partial charge is 0.497 e. The van der Waals surface area contributed by atoms with Crippen molar-refractivity contribution >= 4 is 21.8 Å². The molecule has 2 amide bonds. The van der Waals surface area contributed by atoms with Crippen LogP contribution in [0.4, 0.5) is 0 Å². The predicted molar refractivity (Wildman–Crippen MR) is 179 cm³/mol. The van der Waals surface area contributed by atoms with E-state index in [0.717, 1.165) is 40.7 Å². The highest BCUT2D eigenvalue weighted by Crippen LogP contribution is 2.23. The molecule has 2 N–H and O–H groups in total. The molecule has 5 rings (SSSR count). The average Bonchev–Trinajstić information content (AvgIpc) is 3.89. The van der Waals surface area contributed by atoms with Crippen LogP contribution < -0.4 is 14.8 Å². The average molecular weight is 640 g/mol. The molecule has 4 aromatic rings.